The number of unbranched alkanes of at least 4 members (excludes halogenated alkanes) is 1. The molecule has 3 aromatic carbocycles. The van der Waals surface area contributed by atoms with Crippen LogP contribution in [0.4, 0.5) is 5.69 Å². The minimum atomic E-state index is -0.0791. The van der Waals surface area contributed by atoms with E-state index < -0.39 is 0 Å². The van der Waals surface area contributed by atoms with Gasteiger partial charge in [-0.05, 0) is 76.6 Å². The number of hydrogen-bond donors (Lipinski definition) is 0. The van der Waals surface area contributed by atoms with Crippen LogP contribution < -0.4 is 14.0 Å². The molecule has 7 rings (SSSR count). The minimum absolute atomic E-state index is 0.0330. The van der Waals surface area contributed by atoms with Crippen molar-refractivity contribution in [3.05, 3.63) is 113 Å². The predicted molar refractivity (Wildman–Crippen MR) is 197 cm³/mol. The fourth-order valence-corrected chi connectivity index (χ4v) is 9.03. The van der Waals surface area contributed by atoms with E-state index in [0.717, 1.165) is 32.1 Å². The molecule has 0 N–H and O–H groups in total. The average molecular weight is 624 g/mol. The molecule has 0 saturated carbocycles. The number of anilines is 1. The van der Waals surface area contributed by atoms with Gasteiger partial charge in [0.05, 0.1) is 16.5 Å². The Morgan fingerprint density at radius 1 is 0.851 bits per heavy atom. The highest BCUT2D eigenvalue weighted by Crippen LogP contribution is 2.54. The molecular formula is C44H53N3+2. The fraction of sp³-hybridized carbons (Fsp3) is 0.409. The Bertz CT molecular complexity index is 1980. The van der Waals surface area contributed by atoms with Crippen LogP contribution in [0.25, 0.3) is 33.3 Å². The van der Waals surface area contributed by atoms with E-state index in [1.54, 1.807) is 0 Å². The highest BCUT2D eigenvalue weighted by molar-refractivity contribution is 6.01. The second-order valence-electron chi connectivity index (χ2n) is 15.1. The van der Waals surface area contributed by atoms with Gasteiger partial charge in [-0.25, -0.2) is 4.57 Å². The Labute approximate surface area is 282 Å². The number of aromatic nitrogens is 2. The molecule has 2 aromatic heterocycles. The molecule has 0 amide bonds. The number of nitrogens with zero attached hydrogens (tertiary/aromatic N) is 3. The monoisotopic (exact) mass is 623 g/mol. The smallest absolute Gasteiger partial charge is 0.221 e. The van der Waals surface area contributed by atoms with E-state index in [1.165, 1.54) is 79.6 Å². The highest BCUT2D eigenvalue weighted by Gasteiger charge is 2.49. The quantitative estimate of drug-likeness (QED) is 0.149. The second-order valence-corrected chi connectivity index (χ2v) is 15.1. The van der Waals surface area contributed by atoms with Gasteiger partial charge in [0.1, 0.15) is 7.05 Å². The van der Waals surface area contributed by atoms with Gasteiger partial charge in [0.15, 0.2) is 17.9 Å². The molecule has 1 aliphatic carbocycles. The van der Waals surface area contributed by atoms with Crippen LogP contribution in [0.5, 0.6) is 0 Å². The normalized spacial score (nSPS) is 17.1. The summed E-state index contributed by atoms with van der Waals surface area (Å²) in [4.78, 5) is 2.22. The van der Waals surface area contributed by atoms with Crippen molar-refractivity contribution in [3.8, 4) is 22.5 Å². The van der Waals surface area contributed by atoms with E-state index in [2.05, 4.69) is 155 Å². The molecule has 1 unspecified atom stereocenters. The molecular weight excluding hydrogens is 571 g/mol. The molecule has 3 heteroatoms. The number of pyridine rings is 2. The minimum Gasteiger partial charge on any atom is -0.378 e. The van der Waals surface area contributed by atoms with E-state index in [1.807, 2.05) is 0 Å². The first-order valence-electron chi connectivity index (χ1n) is 18.0. The lowest BCUT2D eigenvalue weighted by molar-refractivity contribution is -0.756. The zero-order valence-corrected chi connectivity index (χ0v) is 30.0. The largest absolute Gasteiger partial charge is 0.378 e. The third-order valence-corrected chi connectivity index (χ3v) is 11.9. The Morgan fingerprint density at radius 2 is 1.66 bits per heavy atom. The Kier molecular flexibility index (Phi) is 8.02. The third-order valence-electron chi connectivity index (χ3n) is 11.9. The van der Waals surface area contributed by atoms with Gasteiger partial charge in [0.25, 0.3) is 0 Å². The van der Waals surface area contributed by atoms with Crippen LogP contribution in [0.15, 0.2) is 85.2 Å². The summed E-state index contributed by atoms with van der Waals surface area (Å²) >= 11 is 0. The van der Waals surface area contributed by atoms with Gasteiger partial charge < -0.3 is 4.90 Å². The average Bonchev–Trinajstić information content (AvgIpc) is 3.19. The van der Waals surface area contributed by atoms with Crippen LogP contribution in [0.1, 0.15) is 100 Å². The van der Waals surface area contributed by atoms with Crippen LogP contribution in [0.3, 0.4) is 0 Å². The number of benzene rings is 3. The maximum absolute atomic E-state index is 2.75. The summed E-state index contributed by atoms with van der Waals surface area (Å²) in [5, 5.41) is 2.89. The molecule has 5 aromatic rings. The molecule has 242 valence electrons. The van der Waals surface area contributed by atoms with E-state index in [0.29, 0.717) is 5.92 Å². The van der Waals surface area contributed by atoms with Gasteiger partial charge in [-0.15, -0.1) is 0 Å². The van der Waals surface area contributed by atoms with Crippen molar-refractivity contribution in [2.75, 3.05) is 19.0 Å². The predicted octanol–water partition coefficient (Wildman–Crippen LogP) is 9.58. The van der Waals surface area contributed by atoms with Gasteiger partial charge in [-0.2, -0.15) is 4.57 Å². The summed E-state index contributed by atoms with van der Waals surface area (Å²) < 4.78 is 5.02. The summed E-state index contributed by atoms with van der Waals surface area (Å²) in [7, 11) is 6.46. The van der Waals surface area contributed by atoms with Crippen molar-refractivity contribution in [1.82, 2.24) is 0 Å². The molecule has 3 heterocycles. The summed E-state index contributed by atoms with van der Waals surface area (Å²) in [6.07, 6.45) is 12.6. The van der Waals surface area contributed by atoms with E-state index in [9.17, 15) is 0 Å². The van der Waals surface area contributed by atoms with Crippen molar-refractivity contribution in [1.29, 1.82) is 0 Å². The molecule has 47 heavy (non-hydrogen) atoms. The molecule has 0 radical (unpaired) electrons. The van der Waals surface area contributed by atoms with Crippen LogP contribution in [-0.2, 0) is 30.8 Å². The standard InChI is InChI=1S/C44H53N3/c1-9-12-16-30-25-32-22-24-47-42-40(32)38(26-30)43(4,5)37-18-15-17-35(41(37)42)33(29-44(47,10-2)11-3)27-31-20-21-34(45(6)7)28-36(31)39-19-13-14-23-46(39)8/h13-15,17-26,28,33H,9-12,16,27,29H2,1-8H3/q+2. The van der Waals surface area contributed by atoms with Gasteiger partial charge >= 0.3 is 0 Å². The first-order chi connectivity index (χ1) is 22.6. The highest BCUT2D eigenvalue weighted by atomic mass is 15.1. The second kappa shape index (κ2) is 11.9. The lowest BCUT2D eigenvalue weighted by Crippen LogP contribution is -2.57. The molecule has 2 aliphatic rings. The molecule has 3 nitrogen and oxygen atoms in total. The van der Waals surface area contributed by atoms with Crippen LogP contribution in [-0.4, -0.2) is 14.1 Å². The molecule has 1 aliphatic heterocycles. The number of aryl methyl sites for hydroxylation is 2. The Balaban J connectivity index is 1.49. The Morgan fingerprint density at radius 3 is 2.38 bits per heavy atom. The zero-order chi connectivity index (χ0) is 33.1. The first-order valence-corrected chi connectivity index (χ1v) is 18.0. The maximum atomic E-state index is 2.75. The number of hydrogen-bond acceptors (Lipinski definition) is 1. The van der Waals surface area contributed by atoms with Gasteiger partial charge in [0, 0.05) is 62.7 Å². The first kappa shape index (κ1) is 31.6. The number of rotatable bonds is 9. The van der Waals surface area contributed by atoms with Crippen molar-refractivity contribution in [2.24, 2.45) is 7.05 Å². The molecule has 0 fully saturated rings. The van der Waals surface area contributed by atoms with E-state index in [4.69, 9.17) is 0 Å². The molecule has 0 spiro atoms. The van der Waals surface area contributed by atoms with E-state index >= 15 is 0 Å². The molecule has 0 bridgehead atoms. The van der Waals surface area contributed by atoms with Gasteiger partial charge in [-0.3, -0.25) is 0 Å². The van der Waals surface area contributed by atoms with Crippen LogP contribution in [0.2, 0.25) is 0 Å². The van der Waals surface area contributed by atoms with Crippen molar-refractivity contribution in [2.45, 2.75) is 96.4 Å². The lowest BCUT2D eigenvalue weighted by atomic mass is 9.67. The van der Waals surface area contributed by atoms with Crippen molar-refractivity contribution in [3.63, 3.8) is 0 Å². The van der Waals surface area contributed by atoms with Gasteiger partial charge in [-0.1, -0.05) is 77.4 Å². The van der Waals surface area contributed by atoms with Crippen molar-refractivity contribution >= 4 is 16.5 Å². The molecule has 0 saturated heterocycles. The topological polar surface area (TPSA) is 11.0 Å². The van der Waals surface area contributed by atoms with Crippen LogP contribution >= 0.6 is 0 Å². The molecule has 1 atom stereocenters. The summed E-state index contributed by atoms with van der Waals surface area (Å²) in [6, 6.07) is 28.5. The van der Waals surface area contributed by atoms with E-state index in [-0.39, 0.29) is 11.0 Å². The van der Waals surface area contributed by atoms with Crippen molar-refractivity contribution < 1.29 is 9.13 Å². The van der Waals surface area contributed by atoms with Gasteiger partial charge in [0.2, 0.25) is 11.4 Å². The summed E-state index contributed by atoms with van der Waals surface area (Å²) in [6.45, 7) is 12.1. The summed E-state index contributed by atoms with van der Waals surface area (Å²) in [5.74, 6) is 0.388. The third kappa shape index (κ3) is 5.00. The SMILES string of the molecule is CCCCc1cc2c3c4[n+](ccc3c1)C(CC)(CC)CC(Cc1ccc(N(C)C)cc1-c1cccc[n+]1C)c1cccc(c1-4)C2(C)C. The maximum Gasteiger partial charge on any atom is 0.221 e. The fourth-order valence-electron chi connectivity index (χ4n) is 9.03. The lowest BCUT2D eigenvalue weighted by Gasteiger charge is -2.35. The summed E-state index contributed by atoms with van der Waals surface area (Å²) in [5.41, 5.74) is 14.2. The zero-order valence-electron chi connectivity index (χ0n) is 30.0. The Hall–Kier alpha value is -3.98. The van der Waals surface area contributed by atoms with Crippen LogP contribution in [0, 0.1) is 0 Å².